The third-order valence-electron chi connectivity index (χ3n) is 1.04. The number of rotatable bonds is 3. The number of nitrogens with one attached hydrogen (secondary N) is 1. The third kappa shape index (κ3) is 3.13. The van der Waals surface area contributed by atoms with E-state index in [1.54, 1.807) is 0 Å². The van der Waals surface area contributed by atoms with E-state index >= 15 is 0 Å². The third-order valence-corrected chi connectivity index (χ3v) is 2.41. The Morgan fingerprint density at radius 1 is 1.82 bits per heavy atom. The first kappa shape index (κ1) is 8.89. The van der Waals surface area contributed by atoms with Gasteiger partial charge >= 0.3 is 0 Å². The second-order valence-corrected chi connectivity index (χ2v) is 4.15. The van der Waals surface area contributed by atoms with Crippen LogP contribution >= 0.6 is 36.2 Å². The summed E-state index contributed by atoms with van der Waals surface area (Å²) in [5.74, 6) is 0. The van der Waals surface area contributed by atoms with Gasteiger partial charge in [0.15, 0.2) is 9.07 Å². The highest BCUT2D eigenvalue weighted by molar-refractivity contribution is 7.96. The number of H-pyrrole nitrogens is 1. The minimum Gasteiger partial charge on any atom is -0.287 e. The van der Waals surface area contributed by atoms with Crippen molar-refractivity contribution in [2.75, 3.05) is 0 Å². The van der Waals surface area contributed by atoms with Crippen LogP contribution in [0, 0.1) is 3.95 Å². The average molecular weight is 206 g/mol. The first-order chi connectivity index (χ1) is 5.18. The van der Waals surface area contributed by atoms with Crippen LogP contribution in [0.25, 0.3) is 0 Å². The van der Waals surface area contributed by atoms with E-state index in [0.29, 0.717) is 16.8 Å². The van der Waals surface area contributed by atoms with Crippen molar-refractivity contribution in [3.8, 4) is 0 Å². The number of carbonyl (C=O) groups excluding carboxylic acids is 1. The smallest absolute Gasteiger partial charge is 0.186 e. The Kier molecular flexibility index (Phi) is 3.22. The molecule has 0 bridgehead atoms. The molecule has 11 heavy (non-hydrogen) atoms. The topological polar surface area (TPSA) is 45.8 Å². The molecule has 0 aliphatic rings. The summed E-state index contributed by atoms with van der Waals surface area (Å²) in [5.41, 5.74) is 0. The molecule has 0 saturated carbocycles. The number of nitrogens with zero attached hydrogens (tertiary/aromatic N) is 1. The van der Waals surface area contributed by atoms with Gasteiger partial charge in [0, 0.05) is 12.8 Å². The number of aromatic amines is 1. The van der Waals surface area contributed by atoms with Gasteiger partial charge in [0.05, 0.1) is 0 Å². The number of aryl methyl sites for hydroxylation is 1. The minimum atomic E-state index is -0.119. The highest BCUT2D eigenvalue weighted by Crippen LogP contribution is 2.07. The van der Waals surface area contributed by atoms with Crippen LogP contribution < -0.4 is 0 Å². The molecule has 1 aromatic rings. The lowest BCUT2D eigenvalue weighted by atomic mass is 10.3. The summed E-state index contributed by atoms with van der Waals surface area (Å²) < 4.78 is 0.645. The summed E-state index contributed by atoms with van der Waals surface area (Å²) in [7, 11) is 0. The van der Waals surface area contributed by atoms with Crippen molar-refractivity contribution >= 4 is 41.3 Å². The fraction of sp³-hybridized carbons (Fsp3) is 0.400. The zero-order valence-electron chi connectivity index (χ0n) is 5.53. The lowest BCUT2D eigenvalue weighted by Gasteiger charge is -1.87. The van der Waals surface area contributed by atoms with Crippen LogP contribution in [-0.4, -0.2) is 15.3 Å². The second-order valence-electron chi connectivity index (χ2n) is 1.90. The quantitative estimate of drug-likeness (QED) is 0.583. The Morgan fingerprint density at radius 3 is 3.00 bits per heavy atom. The van der Waals surface area contributed by atoms with Gasteiger partial charge in [0.25, 0.3) is 0 Å². The Bertz CT molecular complexity index is 303. The van der Waals surface area contributed by atoms with Crippen LogP contribution in [0.4, 0.5) is 0 Å². The number of carbonyl (C=O) groups is 1. The Labute approximate surface area is 78.2 Å². The van der Waals surface area contributed by atoms with Gasteiger partial charge in [-0.3, -0.25) is 9.89 Å². The summed E-state index contributed by atoms with van der Waals surface area (Å²) in [6.45, 7) is 0. The lowest BCUT2D eigenvalue weighted by Crippen LogP contribution is -1.90. The Morgan fingerprint density at radius 2 is 2.55 bits per heavy atom. The average Bonchev–Trinajstić information content (AvgIpc) is 2.31. The SMILES string of the molecule is O=C(S)CCc1n[nH]c(=S)s1. The molecule has 1 heterocycles. The monoisotopic (exact) mass is 206 g/mol. The molecule has 0 atom stereocenters. The summed E-state index contributed by atoms with van der Waals surface area (Å²) >= 11 is 9.84. The van der Waals surface area contributed by atoms with Crippen LogP contribution in [0.5, 0.6) is 0 Å². The van der Waals surface area contributed by atoms with Crippen molar-refractivity contribution in [3.05, 3.63) is 8.96 Å². The first-order valence-electron chi connectivity index (χ1n) is 2.94. The molecule has 60 valence electrons. The van der Waals surface area contributed by atoms with Crippen molar-refractivity contribution in [2.45, 2.75) is 12.8 Å². The van der Waals surface area contributed by atoms with E-state index < -0.39 is 0 Å². The van der Waals surface area contributed by atoms with Crippen molar-refractivity contribution in [1.29, 1.82) is 0 Å². The maximum atomic E-state index is 10.4. The van der Waals surface area contributed by atoms with Crippen molar-refractivity contribution < 1.29 is 4.79 Å². The van der Waals surface area contributed by atoms with Crippen LogP contribution in [0.15, 0.2) is 0 Å². The summed E-state index contributed by atoms with van der Waals surface area (Å²) in [5, 5.41) is 7.27. The zero-order valence-corrected chi connectivity index (χ0v) is 8.06. The largest absolute Gasteiger partial charge is 0.287 e. The Balaban J connectivity index is 2.51. The van der Waals surface area contributed by atoms with Gasteiger partial charge in [0.1, 0.15) is 5.01 Å². The summed E-state index contributed by atoms with van der Waals surface area (Å²) in [6, 6.07) is 0. The minimum absolute atomic E-state index is 0.119. The van der Waals surface area contributed by atoms with E-state index in [1.807, 2.05) is 0 Å². The molecule has 6 heteroatoms. The van der Waals surface area contributed by atoms with E-state index in [2.05, 4.69) is 22.8 Å². The van der Waals surface area contributed by atoms with Crippen molar-refractivity contribution in [3.63, 3.8) is 0 Å². The molecule has 0 saturated heterocycles. The molecule has 0 spiro atoms. The molecule has 0 radical (unpaired) electrons. The van der Waals surface area contributed by atoms with Gasteiger partial charge < -0.3 is 0 Å². The second kappa shape index (κ2) is 3.99. The molecule has 0 amide bonds. The van der Waals surface area contributed by atoms with Crippen molar-refractivity contribution in [1.82, 2.24) is 10.2 Å². The van der Waals surface area contributed by atoms with E-state index in [9.17, 15) is 4.79 Å². The van der Waals surface area contributed by atoms with Crippen LogP contribution in [0.1, 0.15) is 11.4 Å². The maximum Gasteiger partial charge on any atom is 0.186 e. The molecule has 0 fully saturated rings. The van der Waals surface area contributed by atoms with Gasteiger partial charge in [-0.05, 0) is 12.2 Å². The summed E-state index contributed by atoms with van der Waals surface area (Å²) in [6.07, 6.45) is 1.04. The molecule has 1 rings (SSSR count). The first-order valence-corrected chi connectivity index (χ1v) is 4.62. The molecular formula is C5H6N2OS3. The van der Waals surface area contributed by atoms with Gasteiger partial charge in [-0.25, -0.2) is 0 Å². The van der Waals surface area contributed by atoms with Gasteiger partial charge in [0.2, 0.25) is 0 Å². The molecular weight excluding hydrogens is 200 g/mol. The summed E-state index contributed by atoms with van der Waals surface area (Å²) in [4.78, 5) is 10.4. The molecule has 3 nitrogen and oxygen atoms in total. The van der Waals surface area contributed by atoms with Gasteiger partial charge in [-0.15, -0.1) is 12.6 Å². The lowest BCUT2D eigenvalue weighted by molar-refractivity contribution is -0.110. The molecule has 1 N–H and O–H groups in total. The number of hydrogen-bond donors (Lipinski definition) is 2. The molecule has 0 aliphatic carbocycles. The molecule has 1 aromatic heterocycles. The zero-order chi connectivity index (χ0) is 8.27. The van der Waals surface area contributed by atoms with E-state index in [1.165, 1.54) is 11.3 Å². The van der Waals surface area contributed by atoms with Crippen molar-refractivity contribution in [2.24, 2.45) is 0 Å². The van der Waals surface area contributed by atoms with E-state index in [-0.39, 0.29) is 5.12 Å². The van der Waals surface area contributed by atoms with Gasteiger partial charge in [-0.2, -0.15) is 5.10 Å². The fourth-order valence-electron chi connectivity index (χ4n) is 0.581. The number of aromatic nitrogens is 2. The predicted molar refractivity (Wildman–Crippen MR) is 49.6 cm³/mol. The standard InChI is InChI=1S/C5H6N2OS3/c8-4(9)2-1-3-6-7-5(10)11-3/h1-2H2,(H,7,10)(H,8,9). The van der Waals surface area contributed by atoms with E-state index in [0.717, 1.165) is 5.01 Å². The number of hydrogen-bond acceptors (Lipinski definition) is 4. The molecule has 0 aliphatic heterocycles. The predicted octanol–water partition coefficient (Wildman–Crippen LogP) is 1.59. The Hall–Kier alpha value is -0.200. The van der Waals surface area contributed by atoms with Crippen LogP contribution in [0.2, 0.25) is 0 Å². The highest BCUT2D eigenvalue weighted by atomic mass is 32.1. The number of thiol groups is 1. The molecule has 0 aromatic carbocycles. The fourth-order valence-corrected chi connectivity index (χ4v) is 1.63. The van der Waals surface area contributed by atoms with Crippen LogP contribution in [-0.2, 0) is 11.2 Å². The highest BCUT2D eigenvalue weighted by Gasteiger charge is 1.99. The van der Waals surface area contributed by atoms with Crippen LogP contribution in [0.3, 0.4) is 0 Å². The van der Waals surface area contributed by atoms with E-state index in [4.69, 9.17) is 12.2 Å². The molecule has 0 unspecified atom stereocenters. The van der Waals surface area contributed by atoms with Gasteiger partial charge in [-0.1, -0.05) is 11.3 Å². The normalized spacial score (nSPS) is 9.91. The maximum absolute atomic E-state index is 10.4.